The highest BCUT2D eigenvalue weighted by Gasteiger charge is 2.38. The highest BCUT2D eigenvalue weighted by molar-refractivity contribution is 6.22. The fourth-order valence-electron chi connectivity index (χ4n) is 9.77. The van der Waals surface area contributed by atoms with E-state index < -0.39 is 29.6 Å². The largest absolute Gasteiger partial charge is 0.496 e. The summed E-state index contributed by atoms with van der Waals surface area (Å²) in [4.78, 5) is 21.0. The van der Waals surface area contributed by atoms with E-state index in [1.54, 1.807) is 0 Å². The highest BCUT2D eigenvalue weighted by Crippen LogP contribution is 2.40. The molecule has 5 N–H and O–H groups in total. The molecule has 342 valence electrons. The van der Waals surface area contributed by atoms with Gasteiger partial charge >= 0.3 is 5.97 Å². The van der Waals surface area contributed by atoms with Crippen LogP contribution in [0.25, 0.3) is 0 Å². The van der Waals surface area contributed by atoms with E-state index in [4.69, 9.17) is 30.5 Å². The number of aliphatic hydroxyl groups is 3. The van der Waals surface area contributed by atoms with Gasteiger partial charge in [-0.15, -0.1) is 11.6 Å². The van der Waals surface area contributed by atoms with E-state index in [0.29, 0.717) is 51.6 Å². The average molecular weight is 875 g/mol. The van der Waals surface area contributed by atoms with Crippen LogP contribution in [0.15, 0.2) is 40.1 Å². The van der Waals surface area contributed by atoms with Crippen molar-refractivity contribution < 1.29 is 44.2 Å². The van der Waals surface area contributed by atoms with Crippen molar-refractivity contribution in [1.29, 1.82) is 5.26 Å². The Kier molecular flexibility index (Phi) is 18.5. The number of ether oxygens (including phenoxy) is 4. The number of hydrogen-bond donors (Lipinski definition) is 5. The average Bonchev–Trinajstić information content (AvgIpc) is 3.88. The molecule has 0 aromatic rings. The predicted molar refractivity (Wildman–Crippen MR) is 233 cm³/mol. The minimum atomic E-state index is -1.51. The summed E-state index contributed by atoms with van der Waals surface area (Å²) in [5, 5.41) is 51.6. The Hall–Kier alpha value is -2.42. The Bertz CT molecular complexity index is 1590. The standard InChI is InChI=1S/C46H72ClN5O9/c1-31-34(29-61-44-21-43(60-28-33-16-32(22-48)23-49-24-33)36(19-42(44)47)25-50-46(2,30-53)45(56)57)6-3-7-41(31)35-17-39(58-14-4-10-51-12-8-37(54)26-51)20-40(18-35)59-15-5-11-52-13-9-38(55)27-52/h7,17,21,24,31-34,36-40,42-43,50,53-55H,3-6,8-16,18-20,23,25-30H2,1-2H3,(H,56,57)/t31-,32+,33+,34?,36?,37+,38+,39-,40+,42+,43+,46-/m0/s1. The number of halogens is 1. The molecule has 0 radical (unpaired) electrons. The quantitative estimate of drug-likeness (QED) is 0.0779. The second kappa shape index (κ2) is 23.5. The number of nitrogens with one attached hydrogen (secondary N) is 1. The third-order valence-corrected chi connectivity index (χ3v) is 14.1. The van der Waals surface area contributed by atoms with E-state index in [0.717, 1.165) is 90.6 Å². The summed E-state index contributed by atoms with van der Waals surface area (Å²) in [5.41, 5.74) is 1.12. The van der Waals surface area contributed by atoms with Crippen LogP contribution in [0.2, 0.25) is 0 Å². The van der Waals surface area contributed by atoms with Gasteiger partial charge in [-0.25, -0.2) is 0 Å². The third kappa shape index (κ3) is 14.0. The monoisotopic (exact) mass is 874 g/mol. The SMILES string of the molecule is C[C@@H]1C(C2=C[C@H](OCCCN3CC[C@@H](O)C3)C[C@H](OCCCN3CC[C@@H](O)C3)C2)=CCCC1COC1=C[C@@H](OC[C@H]2C=NC[C@@H](C#N)C2)C(CN[C@@](C)(CO)C(=O)O)C[C@H]1Cl. The van der Waals surface area contributed by atoms with Crippen LogP contribution in [0.4, 0.5) is 0 Å². The Balaban J connectivity index is 1.08. The van der Waals surface area contributed by atoms with Crippen LogP contribution in [0.5, 0.6) is 0 Å². The van der Waals surface area contributed by atoms with E-state index in [2.05, 4.69) is 45.3 Å². The Morgan fingerprint density at radius 2 is 1.72 bits per heavy atom. The van der Waals surface area contributed by atoms with Gasteiger partial charge in [0.25, 0.3) is 0 Å². The van der Waals surface area contributed by atoms with Crippen LogP contribution in [0, 0.1) is 40.9 Å². The van der Waals surface area contributed by atoms with Crippen LogP contribution in [-0.4, -0.2) is 169 Å². The van der Waals surface area contributed by atoms with Gasteiger partial charge < -0.3 is 49.2 Å². The van der Waals surface area contributed by atoms with E-state index in [1.807, 2.05) is 12.3 Å². The summed E-state index contributed by atoms with van der Waals surface area (Å²) in [6.07, 6.45) is 15.9. The van der Waals surface area contributed by atoms with E-state index in [9.17, 15) is 30.5 Å². The molecule has 14 nitrogen and oxygen atoms in total. The molecule has 3 aliphatic carbocycles. The lowest BCUT2D eigenvalue weighted by molar-refractivity contribution is -0.146. The summed E-state index contributed by atoms with van der Waals surface area (Å²) in [7, 11) is 0. The molecule has 0 aromatic heterocycles. The number of alkyl halides is 1. The van der Waals surface area contributed by atoms with Gasteiger partial charge in [0.2, 0.25) is 0 Å². The van der Waals surface area contributed by atoms with Crippen molar-refractivity contribution in [2.75, 3.05) is 85.4 Å². The lowest BCUT2D eigenvalue weighted by Crippen LogP contribution is -2.55. The number of nitrogens with zero attached hydrogens (tertiary/aromatic N) is 4. The number of β-amino-alcohol motifs (C(OH)–C–C–N with tert-alkyl or cyclic N) is 2. The first-order valence-electron chi connectivity index (χ1n) is 23.0. The Labute approximate surface area is 368 Å². The number of carboxylic acids is 1. The van der Waals surface area contributed by atoms with E-state index >= 15 is 0 Å². The molecule has 0 spiro atoms. The maximum Gasteiger partial charge on any atom is 0.326 e. The van der Waals surface area contributed by atoms with Gasteiger partial charge in [0.1, 0.15) is 11.3 Å². The van der Waals surface area contributed by atoms with Gasteiger partial charge in [0.15, 0.2) is 0 Å². The molecule has 12 atom stereocenters. The van der Waals surface area contributed by atoms with Crippen molar-refractivity contribution in [3.8, 4) is 6.07 Å². The number of aliphatic carboxylic acids is 1. The normalized spacial score (nSPS) is 34.6. The van der Waals surface area contributed by atoms with Crippen molar-refractivity contribution in [1.82, 2.24) is 15.1 Å². The molecule has 6 aliphatic rings. The number of rotatable bonds is 22. The zero-order chi connectivity index (χ0) is 43.4. The number of hydrogen-bond acceptors (Lipinski definition) is 13. The molecule has 0 saturated carbocycles. The smallest absolute Gasteiger partial charge is 0.326 e. The summed E-state index contributed by atoms with van der Waals surface area (Å²) in [6, 6.07) is 2.32. The molecule has 15 heteroatoms. The van der Waals surface area contributed by atoms with E-state index in [1.165, 1.54) is 18.1 Å². The molecule has 0 aromatic carbocycles. The molecule has 0 amide bonds. The molecule has 3 aliphatic heterocycles. The Morgan fingerprint density at radius 1 is 1.00 bits per heavy atom. The molecule has 2 unspecified atom stereocenters. The van der Waals surface area contributed by atoms with Crippen LogP contribution in [0.3, 0.4) is 0 Å². The highest BCUT2D eigenvalue weighted by atomic mass is 35.5. The van der Waals surface area contributed by atoms with Crippen molar-refractivity contribution in [3.05, 3.63) is 35.1 Å². The number of nitriles is 1. The fourth-order valence-corrected chi connectivity index (χ4v) is 10.1. The van der Waals surface area contributed by atoms with Gasteiger partial charge in [-0.1, -0.05) is 19.1 Å². The number of carboxylic acid groups (broad SMARTS) is 1. The lowest BCUT2D eigenvalue weighted by Gasteiger charge is -2.38. The lowest BCUT2D eigenvalue weighted by atomic mass is 9.74. The van der Waals surface area contributed by atoms with Gasteiger partial charge in [-0.2, -0.15) is 5.26 Å². The minimum Gasteiger partial charge on any atom is -0.496 e. The van der Waals surface area contributed by atoms with Crippen LogP contribution < -0.4 is 5.32 Å². The first-order chi connectivity index (χ1) is 29.4. The molecule has 61 heavy (non-hydrogen) atoms. The minimum absolute atomic E-state index is 0.00698. The number of likely N-dealkylation sites (tertiary alicyclic amines) is 2. The zero-order valence-electron chi connectivity index (χ0n) is 36.4. The topological polar surface area (TPSA) is 190 Å². The van der Waals surface area contributed by atoms with Crippen molar-refractivity contribution in [2.45, 2.75) is 119 Å². The number of allylic oxidation sites excluding steroid dienone is 3. The summed E-state index contributed by atoms with van der Waals surface area (Å²) in [6.45, 7) is 11.3. The van der Waals surface area contributed by atoms with Gasteiger partial charge in [0.05, 0.1) is 74.2 Å². The van der Waals surface area contributed by atoms with Crippen LogP contribution in [0.1, 0.15) is 78.1 Å². The number of carbonyl (C=O) groups is 1. The molecular weight excluding hydrogens is 802 g/mol. The molecule has 6 rings (SSSR count). The maximum absolute atomic E-state index is 12.0. The third-order valence-electron chi connectivity index (χ3n) is 13.8. The molecule has 3 heterocycles. The summed E-state index contributed by atoms with van der Waals surface area (Å²) in [5.74, 6) is -0.332. The van der Waals surface area contributed by atoms with Gasteiger partial charge in [-0.05, 0) is 93.8 Å². The van der Waals surface area contributed by atoms with Crippen LogP contribution in [-0.2, 0) is 23.7 Å². The molecule has 2 fully saturated rings. The first kappa shape index (κ1) is 48.0. The Morgan fingerprint density at radius 3 is 2.38 bits per heavy atom. The number of aliphatic hydroxyl groups excluding tert-OH is 3. The molecular formula is C46H72ClN5O9. The predicted octanol–water partition coefficient (Wildman–Crippen LogP) is 3.93. The van der Waals surface area contributed by atoms with Crippen LogP contribution >= 0.6 is 11.6 Å². The van der Waals surface area contributed by atoms with Crippen molar-refractivity contribution in [2.24, 2.45) is 34.6 Å². The summed E-state index contributed by atoms with van der Waals surface area (Å²) < 4.78 is 26.2. The summed E-state index contributed by atoms with van der Waals surface area (Å²) >= 11 is 7.03. The van der Waals surface area contributed by atoms with Crippen molar-refractivity contribution >= 4 is 23.8 Å². The second-order valence-corrected chi connectivity index (χ2v) is 19.2. The zero-order valence-corrected chi connectivity index (χ0v) is 37.2. The van der Waals surface area contributed by atoms with E-state index in [-0.39, 0.29) is 60.6 Å². The molecule has 2 saturated heterocycles. The van der Waals surface area contributed by atoms with Crippen molar-refractivity contribution in [3.63, 3.8) is 0 Å². The fraction of sp³-hybridized carbons (Fsp3) is 0.804. The first-order valence-corrected chi connectivity index (χ1v) is 23.4. The van der Waals surface area contributed by atoms with Gasteiger partial charge in [0, 0.05) is 83.5 Å². The van der Waals surface area contributed by atoms with Gasteiger partial charge in [-0.3, -0.25) is 15.1 Å². The second-order valence-electron chi connectivity index (χ2n) is 18.7. The maximum atomic E-state index is 12.0. The molecule has 0 bridgehead atoms. The number of aliphatic imine (C=N–C) groups is 1.